The minimum Gasteiger partial charge on any atom is -0.330 e. The number of nitrogens with two attached hydrogens (primary N) is 1. The van der Waals surface area contributed by atoms with Crippen LogP contribution >= 0.6 is 0 Å². The Morgan fingerprint density at radius 2 is 1.86 bits per heavy atom. The van der Waals surface area contributed by atoms with Crippen molar-refractivity contribution in [3.63, 3.8) is 0 Å². The lowest BCUT2D eigenvalue weighted by atomic mass is 10.1. The van der Waals surface area contributed by atoms with Gasteiger partial charge in [0.15, 0.2) is 0 Å². The van der Waals surface area contributed by atoms with Crippen molar-refractivity contribution in [2.45, 2.75) is 45.6 Å². The van der Waals surface area contributed by atoms with Crippen molar-refractivity contribution in [2.24, 2.45) is 5.73 Å². The first-order chi connectivity index (χ1) is 6.52. The molecule has 0 spiro atoms. The van der Waals surface area contributed by atoms with Crippen LogP contribution in [0.1, 0.15) is 40.0 Å². The first kappa shape index (κ1) is 13.7. The van der Waals surface area contributed by atoms with E-state index in [4.69, 9.17) is 5.73 Å². The number of hydrogen-bond donors (Lipinski definition) is 1. The first-order valence-electron chi connectivity index (χ1n) is 5.58. The van der Waals surface area contributed by atoms with Crippen molar-refractivity contribution in [3.8, 4) is 0 Å². The number of rotatable bonds is 7. The van der Waals surface area contributed by atoms with Gasteiger partial charge in [0.1, 0.15) is 0 Å². The van der Waals surface area contributed by atoms with Gasteiger partial charge in [-0.25, -0.2) is 0 Å². The summed E-state index contributed by atoms with van der Waals surface area (Å²) in [7, 11) is 0. The lowest BCUT2D eigenvalue weighted by molar-refractivity contribution is 0.151. The third-order valence-corrected chi connectivity index (χ3v) is 2.43. The summed E-state index contributed by atoms with van der Waals surface area (Å²) in [6.45, 7) is 13.5. The largest absolute Gasteiger partial charge is 0.330 e. The maximum absolute atomic E-state index is 5.46. The molecular formula is C12H26N2. The highest BCUT2D eigenvalue weighted by atomic mass is 15.2. The third kappa shape index (κ3) is 6.17. The predicted molar refractivity (Wildman–Crippen MR) is 64.4 cm³/mol. The van der Waals surface area contributed by atoms with E-state index in [2.05, 4.69) is 32.3 Å². The molecule has 0 unspecified atom stereocenters. The Kier molecular flexibility index (Phi) is 6.85. The predicted octanol–water partition coefficient (Wildman–Crippen LogP) is 2.40. The Bertz CT molecular complexity index is 147. The number of hydrogen-bond acceptors (Lipinski definition) is 2. The summed E-state index contributed by atoms with van der Waals surface area (Å²) in [5.41, 5.74) is 5.71. The van der Waals surface area contributed by atoms with Crippen molar-refractivity contribution >= 4 is 0 Å². The third-order valence-electron chi connectivity index (χ3n) is 2.43. The van der Waals surface area contributed by atoms with Crippen LogP contribution in [0.5, 0.6) is 0 Å². The summed E-state index contributed by atoms with van der Waals surface area (Å²) >= 11 is 0. The molecule has 0 rings (SSSR count). The number of nitrogens with zero attached hydrogens (tertiary/aromatic N) is 1. The fraction of sp³-hybridized carbons (Fsp3) is 0.833. The Morgan fingerprint density at radius 1 is 1.21 bits per heavy atom. The van der Waals surface area contributed by atoms with E-state index < -0.39 is 0 Å². The fourth-order valence-electron chi connectivity index (χ4n) is 1.48. The second-order valence-corrected chi connectivity index (χ2v) is 4.75. The second kappa shape index (κ2) is 7.02. The molecule has 0 fully saturated rings. The molecule has 0 aromatic carbocycles. The summed E-state index contributed by atoms with van der Waals surface area (Å²) in [5.74, 6) is 0. The van der Waals surface area contributed by atoms with E-state index in [0.717, 1.165) is 26.1 Å². The van der Waals surface area contributed by atoms with Gasteiger partial charge in [-0.05, 0) is 46.7 Å². The lowest BCUT2D eigenvalue weighted by Crippen LogP contribution is -2.42. The highest BCUT2D eigenvalue weighted by Gasteiger charge is 2.18. The molecule has 0 amide bonds. The molecule has 0 aromatic rings. The van der Waals surface area contributed by atoms with Crippen LogP contribution in [-0.2, 0) is 0 Å². The van der Waals surface area contributed by atoms with Crippen LogP contribution in [0.25, 0.3) is 0 Å². The summed E-state index contributed by atoms with van der Waals surface area (Å²) in [6, 6.07) is 0. The van der Waals surface area contributed by atoms with Gasteiger partial charge in [0.2, 0.25) is 0 Å². The molecule has 0 aliphatic rings. The molecule has 0 atom stereocenters. The van der Waals surface area contributed by atoms with Gasteiger partial charge in [-0.1, -0.05) is 12.5 Å². The smallest absolute Gasteiger partial charge is 0.0165 e. The van der Waals surface area contributed by atoms with Crippen LogP contribution in [0.15, 0.2) is 12.7 Å². The fourth-order valence-corrected chi connectivity index (χ4v) is 1.48. The molecule has 0 aliphatic heterocycles. The topological polar surface area (TPSA) is 29.3 Å². The van der Waals surface area contributed by atoms with Crippen LogP contribution in [0.3, 0.4) is 0 Å². The van der Waals surface area contributed by atoms with Crippen molar-refractivity contribution in [1.29, 1.82) is 0 Å². The molecule has 0 aliphatic carbocycles. The Balaban J connectivity index is 3.80. The highest BCUT2D eigenvalue weighted by molar-refractivity contribution is 4.82. The van der Waals surface area contributed by atoms with Crippen LogP contribution < -0.4 is 5.73 Å². The average molecular weight is 198 g/mol. The SMILES string of the molecule is C=CCN(CCCCCN)C(C)(C)C. The molecular weight excluding hydrogens is 172 g/mol. The molecule has 2 heteroatoms. The standard InChI is InChI=1S/C12H26N2/c1-5-10-14(12(2,3)4)11-8-6-7-9-13/h5H,1,6-11,13H2,2-4H3. The molecule has 0 heterocycles. The summed E-state index contributed by atoms with van der Waals surface area (Å²) in [6.07, 6.45) is 5.60. The lowest BCUT2D eigenvalue weighted by Gasteiger charge is -2.34. The van der Waals surface area contributed by atoms with E-state index in [9.17, 15) is 0 Å². The van der Waals surface area contributed by atoms with E-state index in [-0.39, 0.29) is 5.54 Å². The van der Waals surface area contributed by atoms with Crippen LogP contribution in [-0.4, -0.2) is 30.1 Å². The van der Waals surface area contributed by atoms with Crippen LogP contribution in [0.2, 0.25) is 0 Å². The van der Waals surface area contributed by atoms with Gasteiger partial charge in [0.05, 0.1) is 0 Å². The maximum Gasteiger partial charge on any atom is 0.0165 e. The molecule has 2 N–H and O–H groups in total. The minimum atomic E-state index is 0.247. The van der Waals surface area contributed by atoms with E-state index in [1.807, 2.05) is 6.08 Å². The van der Waals surface area contributed by atoms with Gasteiger partial charge in [0, 0.05) is 12.1 Å². The second-order valence-electron chi connectivity index (χ2n) is 4.75. The van der Waals surface area contributed by atoms with E-state index in [0.29, 0.717) is 0 Å². The summed E-state index contributed by atoms with van der Waals surface area (Å²) in [4.78, 5) is 2.45. The Labute approximate surface area is 89.2 Å². The highest BCUT2D eigenvalue weighted by Crippen LogP contribution is 2.14. The zero-order chi connectivity index (χ0) is 11.0. The maximum atomic E-state index is 5.46. The normalized spacial score (nSPS) is 12.1. The molecule has 14 heavy (non-hydrogen) atoms. The molecule has 0 saturated carbocycles. The van der Waals surface area contributed by atoms with Gasteiger partial charge in [-0.3, -0.25) is 4.90 Å². The van der Waals surface area contributed by atoms with Crippen LogP contribution in [0.4, 0.5) is 0 Å². The van der Waals surface area contributed by atoms with Gasteiger partial charge < -0.3 is 5.73 Å². The molecule has 84 valence electrons. The van der Waals surface area contributed by atoms with E-state index in [1.54, 1.807) is 0 Å². The van der Waals surface area contributed by atoms with Gasteiger partial charge in [-0.2, -0.15) is 0 Å². The average Bonchev–Trinajstić information content (AvgIpc) is 2.08. The zero-order valence-corrected chi connectivity index (χ0v) is 10.1. The van der Waals surface area contributed by atoms with E-state index in [1.165, 1.54) is 12.8 Å². The quantitative estimate of drug-likeness (QED) is 0.503. The van der Waals surface area contributed by atoms with Gasteiger partial charge in [-0.15, -0.1) is 6.58 Å². The van der Waals surface area contributed by atoms with Crippen molar-refractivity contribution in [2.75, 3.05) is 19.6 Å². The molecule has 0 bridgehead atoms. The summed E-state index contributed by atoms with van der Waals surface area (Å²) in [5, 5.41) is 0. The van der Waals surface area contributed by atoms with E-state index >= 15 is 0 Å². The monoisotopic (exact) mass is 198 g/mol. The molecule has 0 saturated heterocycles. The van der Waals surface area contributed by atoms with Crippen molar-refractivity contribution < 1.29 is 0 Å². The molecule has 0 radical (unpaired) electrons. The molecule has 0 aromatic heterocycles. The Morgan fingerprint density at radius 3 is 2.29 bits per heavy atom. The number of unbranched alkanes of at least 4 members (excludes halogenated alkanes) is 2. The van der Waals surface area contributed by atoms with Crippen molar-refractivity contribution in [3.05, 3.63) is 12.7 Å². The zero-order valence-electron chi connectivity index (χ0n) is 10.1. The first-order valence-corrected chi connectivity index (χ1v) is 5.58. The Hall–Kier alpha value is -0.340. The van der Waals surface area contributed by atoms with Gasteiger partial charge >= 0.3 is 0 Å². The summed E-state index contributed by atoms with van der Waals surface area (Å²) < 4.78 is 0. The minimum absolute atomic E-state index is 0.247. The van der Waals surface area contributed by atoms with Crippen LogP contribution in [0, 0.1) is 0 Å². The van der Waals surface area contributed by atoms with Crippen molar-refractivity contribution in [1.82, 2.24) is 4.90 Å². The molecule has 2 nitrogen and oxygen atoms in total. The van der Waals surface area contributed by atoms with Gasteiger partial charge in [0.25, 0.3) is 0 Å².